The van der Waals surface area contributed by atoms with Gasteiger partial charge < -0.3 is 10.5 Å². The number of nitrogens with two attached hydrogens (primary N) is 1. The van der Waals surface area contributed by atoms with Gasteiger partial charge in [0.15, 0.2) is 0 Å². The third kappa shape index (κ3) is 1.80. The molecule has 1 aromatic heterocycles. The number of pyridine rings is 1. The smallest absolute Gasteiger partial charge is 0.269 e. The van der Waals surface area contributed by atoms with Crippen molar-refractivity contribution in [1.29, 1.82) is 0 Å². The van der Waals surface area contributed by atoms with Crippen LogP contribution in [0.4, 0.5) is 14.6 Å². The fraction of sp³-hybridized carbons (Fsp3) is 0.286. The van der Waals surface area contributed by atoms with E-state index in [1.807, 2.05) is 0 Å². The molecule has 0 unspecified atom stereocenters. The summed E-state index contributed by atoms with van der Waals surface area (Å²) >= 11 is 5.52. The first-order valence-corrected chi connectivity index (χ1v) is 3.71. The predicted octanol–water partition coefficient (Wildman–Crippen LogP) is 2.26. The molecule has 13 heavy (non-hydrogen) atoms. The van der Waals surface area contributed by atoms with E-state index in [0.29, 0.717) is 0 Å². The molecule has 0 bridgehead atoms. The Balaban J connectivity index is 3.32. The quantitative estimate of drug-likeness (QED) is 0.811. The molecule has 6 heteroatoms. The van der Waals surface area contributed by atoms with E-state index >= 15 is 0 Å². The van der Waals surface area contributed by atoms with Crippen LogP contribution in [-0.4, -0.2) is 12.1 Å². The SMILES string of the molecule is COc1cnc(N)c(Cl)c1C(F)F. The summed E-state index contributed by atoms with van der Waals surface area (Å²) in [7, 11) is 1.26. The summed E-state index contributed by atoms with van der Waals surface area (Å²) in [4.78, 5) is 3.58. The molecule has 72 valence electrons. The van der Waals surface area contributed by atoms with Gasteiger partial charge in [-0.3, -0.25) is 0 Å². The molecule has 0 aliphatic heterocycles. The maximum Gasteiger partial charge on any atom is 0.269 e. The Labute approximate surface area is 78.5 Å². The van der Waals surface area contributed by atoms with Gasteiger partial charge >= 0.3 is 0 Å². The summed E-state index contributed by atoms with van der Waals surface area (Å²) in [6, 6.07) is 0. The van der Waals surface area contributed by atoms with Crippen LogP contribution in [0.2, 0.25) is 5.02 Å². The maximum atomic E-state index is 12.4. The highest BCUT2D eigenvalue weighted by Gasteiger charge is 2.20. The lowest BCUT2D eigenvalue weighted by Crippen LogP contribution is -1.99. The summed E-state index contributed by atoms with van der Waals surface area (Å²) < 4.78 is 29.5. The van der Waals surface area contributed by atoms with E-state index in [9.17, 15) is 8.78 Å². The Morgan fingerprint density at radius 1 is 1.62 bits per heavy atom. The van der Waals surface area contributed by atoms with E-state index in [2.05, 4.69) is 9.72 Å². The lowest BCUT2D eigenvalue weighted by Gasteiger charge is -2.09. The molecule has 0 radical (unpaired) electrons. The Bertz CT molecular complexity index is 320. The minimum absolute atomic E-state index is 0.0609. The monoisotopic (exact) mass is 208 g/mol. The number of aromatic nitrogens is 1. The molecule has 3 nitrogen and oxygen atoms in total. The molecule has 0 aliphatic carbocycles. The number of alkyl halides is 2. The standard InChI is InChI=1S/C7H7ClF2N2O/c1-13-3-2-12-7(11)5(8)4(3)6(9)10/h2,6H,1H3,(H2,11,12). The summed E-state index contributed by atoms with van der Waals surface area (Å²) in [5, 5.41) is -0.255. The second-order valence-corrected chi connectivity index (χ2v) is 2.62. The number of nitrogen functional groups attached to an aromatic ring is 1. The van der Waals surface area contributed by atoms with Gasteiger partial charge in [0.2, 0.25) is 0 Å². The van der Waals surface area contributed by atoms with Gasteiger partial charge in [-0.15, -0.1) is 0 Å². The Morgan fingerprint density at radius 3 is 2.69 bits per heavy atom. The van der Waals surface area contributed by atoms with Crippen LogP contribution in [-0.2, 0) is 0 Å². The number of nitrogens with zero attached hydrogens (tertiary/aromatic N) is 1. The first kappa shape index (κ1) is 9.98. The second-order valence-electron chi connectivity index (χ2n) is 2.24. The zero-order valence-corrected chi connectivity index (χ0v) is 7.48. The van der Waals surface area contributed by atoms with Gasteiger partial charge in [0.05, 0.1) is 23.9 Å². The highest BCUT2D eigenvalue weighted by Crippen LogP contribution is 2.36. The molecule has 0 saturated carbocycles. The first-order valence-electron chi connectivity index (χ1n) is 3.34. The highest BCUT2D eigenvalue weighted by molar-refractivity contribution is 6.33. The van der Waals surface area contributed by atoms with Gasteiger partial charge in [0, 0.05) is 0 Å². The van der Waals surface area contributed by atoms with E-state index in [-0.39, 0.29) is 16.6 Å². The van der Waals surface area contributed by atoms with E-state index in [0.717, 1.165) is 6.20 Å². The number of anilines is 1. The molecule has 1 rings (SSSR count). The number of halogens is 3. The Morgan fingerprint density at radius 2 is 2.23 bits per heavy atom. The molecule has 0 fully saturated rings. The van der Waals surface area contributed by atoms with Gasteiger partial charge in [-0.05, 0) is 0 Å². The molecule has 0 aromatic carbocycles. The summed E-state index contributed by atoms with van der Waals surface area (Å²) in [6.45, 7) is 0. The molecule has 0 saturated heterocycles. The Hall–Kier alpha value is -1.10. The van der Waals surface area contributed by atoms with E-state index < -0.39 is 12.0 Å². The minimum Gasteiger partial charge on any atom is -0.495 e. The largest absolute Gasteiger partial charge is 0.495 e. The highest BCUT2D eigenvalue weighted by atomic mass is 35.5. The van der Waals surface area contributed by atoms with Crippen molar-refractivity contribution < 1.29 is 13.5 Å². The van der Waals surface area contributed by atoms with Crippen LogP contribution < -0.4 is 10.5 Å². The van der Waals surface area contributed by atoms with Gasteiger partial charge in [0.25, 0.3) is 6.43 Å². The van der Waals surface area contributed by atoms with Crippen LogP contribution in [0.15, 0.2) is 6.20 Å². The summed E-state index contributed by atoms with van der Waals surface area (Å²) in [6.07, 6.45) is -1.62. The maximum absolute atomic E-state index is 12.4. The van der Waals surface area contributed by atoms with Crippen molar-refractivity contribution >= 4 is 17.4 Å². The normalized spacial score (nSPS) is 10.5. The number of ether oxygens (including phenoxy) is 1. The molecular weight excluding hydrogens is 202 g/mol. The summed E-state index contributed by atoms with van der Waals surface area (Å²) in [5.41, 5.74) is 4.83. The first-order chi connectivity index (χ1) is 6.07. The van der Waals surface area contributed by atoms with Gasteiger partial charge in [-0.25, -0.2) is 13.8 Å². The van der Waals surface area contributed by atoms with Crippen molar-refractivity contribution in [2.75, 3.05) is 12.8 Å². The van der Waals surface area contributed by atoms with Crippen molar-refractivity contribution in [1.82, 2.24) is 4.98 Å². The van der Waals surface area contributed by atoms with Crippen molar-refractivity contribution in [2.45, 2.75) is 6.43 Å². The van der Waals surface area contributed by atoms with Crippen LogP contribution in [0.25, 0.3) is 0 Å². The molecule has 0 amide bonds. The average Bonchev–Trinajstić information content (AvgIpc) is 2.08. The van der Waals surface area contributed by atoms with Crippen LogP contribution in [0.3, 0.4) is 0 Å². The molecule has 0 spiro atoms. The molecule has 0 aliphatic rings. The number of hydrogen-bond donors (Lipinski definition) is 1. The minimum atomic E-state index is -2.73. The number of methoxy groups -OCH3 is 1. The topological polar surface area (TPSA) is 48.1 Å². The molecule has 2 N–H and O–H groups in total. The third-order valence-electron chi connectivity index (χ3n) is 1.49. The van der Waals surface area contributed by atoms with Crippen molar-refractivity contribution in [2.24, 2.45) is 0 Å². The average molecular weight is 209 g/mol. The zero-order valence-electron chi connectivity index (χ0n) is 6.72. The lowest BCUT2D eigenvalue weighted by molar-refractivity contribution is 0.147. The van der Waals surface area contributed by atoms with Crippen molar-refractivity contribution in [3.05, 3.63) is 16.8 Å². The van der Waals surface area contributed by atoms with Crippen LogP contribution in [0, 0.1) is 0 Å². The van der Waals surface area contributed by atoms with E-state index in [4.69, 9.17) is 17.3 Å². The third-order valence-corrected chi connectivity index (χ3v) is 1.88. The second kappa shape index (κ2) is 3.74. The lowest BCUT2D eigenvalue weighted by atomic mass is 10.2. The van der Waals surface area contributed by atoms with E-state index in [1.165, 1.54) is 7.11 Å². The molecular formula is C7H7ClF2N2O. The van der Waals surface area contributed by atoms with Crippen LogP contribution in [0.5, 0.6) is 5.75 Å². The van der Waals surface area contributed by atoms with Crippen molar-refractivity contribution in [3.8, 4) is 5.75 Å². The number of rotatable bonds is 2. The molecule has 0 atom stereocenters. The number of hydrogen-bond acceptors (Lipinski definition) is 3. The van der Waals surface area contributed by atoms with Gasteiger partial charge in [-0.2, -0.15) is 0 Å². The summed E-state index contributed by atoms with van der Waals surface area (Å²) in [5.74, 6) is -0.188. The predicted molar refractivity (Wildman–Crippen MR) is 45.2 cm³/mol. The van der Waals surface area contributed by atoms with E-state index in [1.54, 1.807) is 0 Å². The fourth-order valence-corrected chi connectivity index (χ4v) is 1.09. The van der Waals surface area contributed by atoms with Crippen LogP contribution in [0.1, 0.15) is 12.0 Å². The van der Waals surface area contributed by atoms with Crippen molar-refractivity contribution in [3.63, 3.8) is 0 Å². The zero-order chi connectivity index (χ0) is 10.0. The molecule has 1 heterocycles. The van der Waals surface area contributed by atoms with Crippen LogP contribution >= 0.6 is 11.6 Å². The van der Waals surface area contributed by atoms with Gasteiger partial charge in [-0.1, -0.05) is 11.6 Å². The Kier molecular flexibility index (Phi) is 2.87. The fourth-order valence-electron chi connectivity index (χ4n) is 0.867. The molecule has 1 aromatic rings. The van der Waals surface area contributed by atoms with Gasteiger partial charge in [0.1, 0.15) is 11.6 Å².